The second-order valence-electron chi connectivity index (χ2n) is 4.53. The zero-order valence-electron chi connectivity index (χ0n) is 10.6. The summed E-state index contributed by atoms with van der Waals surface area (Å²) in [6.45, 7) is 0.976. The van der Waals surface area contributed by atoms with Crippen LogP contribution in [0, 0.1) is 0 Å². The van der Waals surface area contributed by atoms with Gasteiger partial charge in [0.2, 0.25) is 5.95 Å². The first-order valence-electron chi connectivity index (χ1n) is 6.19. The summed E-state index contributed by atoms with van der Waals surface area (Å²) in [6, 6.07) is 8.67. The van der Waals surface area contributed by atoms with Crippen LogP contribution in [-0.2, 0) is 13.5 Å². The van der Waals surface area contributed by atoms with Gasteiger partial charge in [-0.15, -0.1) is 10.2 Å². The van der Waals surface area contributed by atoms with Gasteiger partial charge in [-0.3, -0.25) is 4.57 Å². The molecule has 18 heavy (non-hydrogen) atoms. The molecule has 1 unspecified atom stereocenters. The Hall–Kier alpha value is -1.88. The Morgan fingerprint density at radius 3 is 2.94 bits per heavy atom. The molecule has 0 spiro atoms. The van der Waals surface area contributed by atoms with Crippen LogP contribution in [0.2, 0.25) is 0 Å². The molecular formula is C13H17N5. The van der Waals surface area contributed by atoms with Crippen LogP contribution in [-0.4, -0.2) is 28.4 Å². The predicted octanol–water partition coefficient (Wildman–Crippen LogP) is 1.09. The van der Waals surface area contributed by atoms with E-state index in [0.717, 1.165) is 24.7 Å². The Morgan fingerprint density at radius 1 is 1.33 bits per heavy atom. The highest BCUT2D eigenvalue weighted by Gasteiger charge is 2.25. The molecule has 0 bridgehead atoms. The second kappa shape index (κ2) is 4.42. The summed E-state index contributed by atoms with van der Waals surface area (Å²) in [7, 11) is 3.84. The monoisotopic (exact) mass is 243 g/mol. The Kier molecular flexibility index (Phi) is 2.76. The molecular weight excluding hydrogens is 226 g/mol. The maximum Gasteiger partial charge on any atom is 0.224 e. The Balaban J connectivity index is 2.05. The molecule has 5 heteroatoms. The van der Waals surface area contributed by atoms with Crippen molar-refractivity contribution in [1.82, 2.24) is 20.1 Å². The minimum Gasteiger partial charge on any atom is -0.357 e. The molecule has 1 aliphatic heterocycles. The number of fused-ring (bicyclic) bond motifs is 1. The van der Waals surface area contributed by atoms with Gasteiger partial charge in [0.25, 0.3) is 0 Å². The fourth-order valence-electron chi connectivity index (χ4n) is 2.55. The first kappa shape index (κ1) is 11.2. The van der Waals surface area contributed by atoms with Crippen molar-refractivity contribution in [2.45, 2.75) is 12.5 Å². The molecule has 0 aliphatic carbocycles. The van der Waals surface area contributed by atoms with E-state index in [0.29, 0.717) is 0 Å². The molecule has 1 aromatic heterocycles. The molecule has 1 aromatic carbocycles. The molecule has 1 aliphatic rings. The summed E-state index contributed by atoms with van der Waals surface area (Å²) >= 11 is 0. The lowest BCUT2D eigenvalue weighted by molar-refractivity contribution is 0.529. The second-order valence-corrected chi connectivity index (χ2v) is 4.53. The topological polar surface area (TPSA) is 54.8 Å². The quantitative estimate of drug-likeness (QED) is 0.829. The predicted molar refractivity (Wildman–Crippen MR) is 70.5 cm³/mol. The van der Waals surface area contributed by atoms with Gasteiger partial charge >= 0.3 is 0 Å². The van der Waals surface area contributed by atoms with Crippen LogP contribution in [0.3, 0.4) is 0 Å². The minimum atomic E-state index is 0.134. The first-order chi connectivity index (χ1) is 8.81. The van der Waals surface area contributed by atoms with E-state index in [2.05, 4.69) is 45.1 Å². The van der Waals surface area contributed by atoms with Gasteiger partial charge in [0.15, 0.2) is 5.82 Å². The lowest BCUT2D eigenvalue weighted by Crippen LogP contribution is -2.32. The Bertz CT molecular complexity index is 560. The van der Waals surface area contributed by atoms with Crippen LogP contribution in [0.1, 0.15) is 23.0 Å². The van der Waals surface area contributed by atoms with Crippen molar-refractivity contribution in [3.05, 3.63) is 41.2 Å². The van der Waals surface area contributed by atoms with E-state index >= 15 is 0 Å². The van der Waals surface area contributed by atoms with Gasteiger partial charge in [-0.1, -0.05) is 24.3 Å². The third kappa shape index (κ3) is 1.67. The molecule has 0 saturated carbocycles. The summed E-state index contributed by atoms with van der Waals surface area (Å²) in [4.78, 5) is 0. The van der Waals surface area contributed by atoms with Crippen molar-refractivity contribution < 1.29 is 0 Å². The molecule has 1 atom stereocenters. The molecule has 5 nitrogen and oxygen atoms in total. The SMILES string of the molecule is CNc1nnc(C2NCCc3ccccc32)n1C. The number of hydrogen-bond donors (Lipinski definition) is 2. The highest BCUT2D eigenvalue weighted by atomic mass is 15.3. The molecule has 0 saturated heterocycles. The zero-order valence-corrected chi connectivity index (χ0v) is 10.6. The smallest absolute Gasteiger partial charge is 0.224 e. The van der Waals surface area contributed by atoms with E-state index < -0.39 is 0 Å². The lowest BCUT2D eigenvalue weighted by atomic mass is 9.94. The van der Waals surface area contributed by atoms with Crippen molar-refractivity contribution >= 4 is 5.95 Å². The molecule has 3 rings (SSSR count). The third-order valence-corrected chi connectivity index (χ3v) is 3.50. The van der Waals surface area contributed by atoms with Crippen LogP contribution in [0.5, 0.6) is 0 Å². The highest BCUT2D eigenvalue weighted by molar-refractivity contribution is 5.37. The number of nitrogens with zero attached hydrogens (tertiary/aromatic N) is 3. The number of hydrogen-bond acceptors (Lipinski definition) is 4. The summed E-state index contributed by atoms with van der Waals surface area (Å²) in [6.07, 6.45) is 1.07. The average molecular weight is 243 g/mol. The summed E-state index contributed by atoms with van der Waals surface area (Å²) < 4.78 is 2.00. The number of nitrogens with one attached hydrogen (secondary N) is 2. The molecule has 2 aromatic rings. The Labute approximate surface area is 106 Å². The van der Waals surface area contributed by atoms with E-state index in [1.54, 1.807) is 0 Å². The largest absolute Gasteiger partial charge is 0.357 e. The molecule has 0 fully saturated rings. The van der Waals surface area contributed by atoms with Gasteiger partial charge in [-0.25, -0.2) is 0 Å². The summed E-state index contributed by atoms with van der Waals surface area (Å²) in [5, 5.41) is 15.0. The minimum absolute atomic E-state index is 0.134. The van der Waals surface area contributed by atoms with Crippen molar-refractivity contribution in [3.8, 4) is 0 Å². The van der Waals surface area contributed by atoms with E-state index in [-0.39, 0.29) is 6.04 Å². The lowest BCUT2D eigenvalue weighted by Gasteiger charge is -2.26. The van der Waals surface area contributed by atoms with Gasteiger partial charge in [-0.05, 0) is 17.5 Å². The Morgan fingerprint density at radius 2 is 2.17 bits per heavy atom. The average Bonchev–Trinajstić information content (AvgIpc) is 2.79. The van der Waals surface area contributed by atoms with Gasteiger partial charge in [0.1, 0.15) is 0 Å². The number of aromatic nitrogens is 3. The van der Waals surface area contributed by atoms with Crippen molar-refractivity contribution in [2.75, 3.05) is 18.9 Å². The van der Waals surface area contributed by atoms with Crippen LogP contribution in [0.4, 0.5) is 5.95 Å². The van der Waals surface area contributed by atoms with Gasteiger partial charge in [0.05, 0.1) is 6.04 Å². The maximum absolute atomic E-state index is 4.30. The standard InChI is InChI=1S/C13H17N5/c1-14-13-17-16-12(18(13)2)11-10-6-4-3-5-9(10)7-8-15-11/h3-6,11,15H,7-8H2,1-2H3,(H,14,17). The van der Waals surface area contributed by atoms with Crippen LogP contribution >= 0.6 is 0 Å². The molecule has 0 radical (unpaired) electrons. The van der Waals surface area contributed by atoms with Crippen molar-refractivity contribution in [2.24, 2.45) is 7.05 Å². The molecule has 94 valence electrons. The molecule has 0 amide bonds. The van der Waals surface area contributed by atoms with Gasteiger partial charge in [-0.2, -0.15) is 0 Å². The highest BCUT2D eigenvalue weighted by Crippen LogP contribution is 2.27. The molecule has 2 heterocycles. The van der Waals surface area contributed by atoms with Crippen LogP contribution in [0.25, 0.3) is 0 Å². The summed E-state index contributed by atoms with van der Waals surface area (Å²) in [5.74, 6) is 1.74. The fraction of sp³-hybridized carbons (Fsp3) is 0.385. The number of anilines is 1. The van der Waals surface area contributed by atoms with E-state index in [1.165, 1.54) is 11.1 Å². The number of rotatable bonds is 2. The van der Waals surface area contributed by atoms with E-state index in [1.807, 2.05) is 18.7 Å². The van der Waals surface area contributed by atoms with Crippen molar-refractivity contribution in [3.63, 3.8) is 0 Å². The van der Waals surface area contributed by atoms with Crippen LogP contribution in [0.15, 0.2) is 24.3 Å². The summed E-state index contributed by atoms with van der Waals surface area (Å²) in [5.41, 5.74) is 2.71. The zero-order chi connectivity index (χ0) is 12.5. The van der Waals surface area contributed by atoms with Gasteiger partial charge < -0.3 is 10.6 Å². The van der Waals surface area contributed by atoms with Crippen molar-refractivity contribution in [1.29, 1.82) is 0 Å². The number of benzene rings is 1. The van der Waals surface area contributed by atoms with E-state index in [9.17, 15) is 0 Å². The fourth-order valence-corrected chi connectivity index (χ4v) is 2.55. The van der Waals surface area contributed by atoms with Crippen LogP contribution < -0.4 is 10.6 Å². The third-order valence-electron chi connectivity index (χ3n) is 3.50. The molecule has 2 N–H and O–H groups in total. The normalized spacial score (nSPS) is 18.4. The first-order valence-corrected chi connectivity index (χ1v) is 6.19. The van der Waals surface area contributed by atoms with Gasteiger partial charge in [0, 0.05) is 20.6 Å². The van der Waals surface area contributed by atoms with E-state index in [4.69, 9.17) is 0 Å². The maximum atomic E-state index is 4.30.